The molecule has 0 spiro atoms. The van der Waals surface area contributed by atoms with Crippen LogP contribution in [0.4, 0.5) is 0 Å². The van der Waals surface area contributed by atoms with Crippen molar-refractivity contribution in [3.8, 4) is 0 Å². The molecule has 1 aliphatic heterocycles. The van der Waals surface area contributed by atoms with Crippen molar-refractivity contribution < 1.29 is 19.1 Å². The van der Waals surface area contributed by atoms with Crippen LogP contribution in [-0.4, -0.2) is 41.9 Å². The smallest absolute Gasteiger partial charge is 0.331 e. The second-order valence-electron chi connectivity index (χ2n) is 3.90. The highest BCUT2D eigenvalue weighted by molar-refractivity contribution is 6.03. The third-order valence-electron chi connectivity index (χ3n) is 2.43. The van der Waals surface area contributed by atoms with Crippen molar-refractivity contribution in [2.24, 2.45) is 0 Å². The van der Waals surface area contributed by atoms with Crippen molar-refractivity contribution in [2.45, 2.75) is 19.4 Å². The summed E-state index contributed by atoms with van der Waals surface area (Å²) >= 11 is 0. The van der Waals surface area contributed by atoms with Crippen molar-refractivity contribution in [3.05, 3.63) is 12.3 Å². The van der Waals surface area contributed by atoms with E-state index in [4.69, 9.17) is 0 Å². The lowest BCUT2D eigenvalue weighted by Crippen LogP contribution is -2.62. The van der Waals surface area contributed by atoms with Gasteiger partial charge in [-0.1, -0.05) is 0 Å². The Kier molecular flexibility index (Phi) is 3.31. The first-order valence-corrected chi connectivity index (χ1v) is 4.75. The summed E-state index contributed by atoms with van der Waals surface area (Å²) in [5, 5.41) is 2.23. The molecule has 1 heterocycles. The van der Waals surface area contributed by atoms with Crippen molar-refractivity contribution in [3.63, 3.8) is 0 Å². The zero-order valence-corrected chi connectivity index (χ0v) is 9.44. The van der Waals surface area contributed by atoms with Gasteiger partial charge in [-0.05, 0) is 13.8 Å². The molecule has 1 fully saturated rings. The number of rotatable bonds is 2. The van der Waals surface area contributed by atoms with Gasteiger partial charge in [0.05, 0.1) is 13.7 Å². The summed E-state index contributed by atoms with van der Waals surface area (Å²) < 4.78 is 4.43. The van der Waals surface area contributed by atoms with Crippen LogP contribution >= 0.6 is 0 Å². The monoisotopic (exact) mass is 226 g/mol. The molecular weight excluding hydrogens is 212 g/mol. The third kappa shape index (κ3) is 2.39. The van der Waals surface area contributed by atoms with Gasteiger partial charge in [-0.3, -0.25) is 14.9 Å². The summed E-state index contributed by atoms with van der Waals surface area (Å²) in [4.78, 5) is 35.1. The van der Waals surface area contributed by atoms with Crippen LogP contribution in [0.15, 0.2) is 12.3 Å². The molecule has 88 valence electrons. The Hall–Kier alpha value is -1.85. The number of carbonyl (C=O) groups excluding carboxylic acids is 3. The number of methoxy groups -OCH3 is 1. The minimum Gasteiger partial charge on any atom is -0.466 e. The molecule has 0 aliphatic carbocycles. The van der Waals surface area contributed by atoms with Crippen LogP contribution < -0.4 is 5.32 Å². The van der Waals surface area contributed by atoms with E-state index < -0.39 is 17.4 Å². The average Bonchev–Trinajstić information content (AvgIpc) is 2.21. The summed E-state index contributed by atoms with van der Waals surface area (Å²) in [6, 6.07) is 0. The molecule has 6 heteroatoms. The van der Waals surface area contributed by atoms with Crippen molar-refractivity contribution >= 4 is 17.8 Å². The predicted molar refractivity (Wildman–Crippen MR) is 55.1 cm³/mol. The number of piperazine rings is 1. The van der Waals surface area contributed by atoms with Crippen LogP contribution in [0.2, 0.25) is 0 Å². The molecule has 0 aromatic rings. The van der Waals surface area contributed by atoms with Crippen LogP contribution in [-0.2, 0) is 19.1 Å². The molecule has 0 atom stereocenters. The van der Waals surface area contributed by atoms with Gasteiger partial charge in [-0.15, -0.1) is 0 Å². The molecule has 16 heavy (non-hydrogen) atoms. The first kappa shape index (κ1) is 12.2. The summed E-state index contributed by atoms with van der Waals surface area (Å²) in [6.45, 7) is 3.36. The highest BCUT2D eigenvalue weighted by Gasteiger charge is 2.39. The number of imide groups is 1. The largest absolute Gasteiger partial charge is 0.466 e. The number of hydrogen-bond acceptors (Lipinski definition) is 5. The first-order chi connectivity index (χ1) is 7.37. The Morgan fingerprint density at radius 1 is 1.50 bits per heavy atom. The van der Waals surface area contributed by atoms with Crippen LogP contribution in [0.5, 0.6) is 0 Å². The molecule has 0 radical (unpaired) electrons. The van der Waals surface area contributed by atoms with Gasteiger partial charge in [0.15, 0.2) is 0 Å². The SMILES string of the molecule is COC(=O)C=CN1CC(=O)NC(=O)C1(C)C. The standard InChI is InChI=1S/C10H14N2O4/c1-10(2)9(15)11-7(13)6-12(10)5-4-8(14)16-3/h4-5H,6H2,1-3H3,(H,11,13,15). The van der Waals surface area contributed by atoms with Crippen molar-refractivity contribution in [1.82, 2.24) is 10.2 Å². The molecule has 1 aliphatic rings. The molecular formula is C10H14N2O4. The van der Waals surface area contributed by atoms with Gasteiger partial charge in [0.1, 0.15) is 5.54 Å². The van der Waals surface area contributed by atoms with Crippen LogP contribution in [0.25, 0.3) is 0 Å². The fraction of sp³-hybridized carbons (Fsp3) is 0.500. The highest BCUT2D eigenvalue weighted by Crippen LogP contribution is 2.18. The lowest BCUT2D eigenvalue weighted by atomic mass is 9.99. The van der Waals surface area contributed by atoms with Gasteiger partial charge in [0, 0.05) is 12.3 Å². The van der Waals surface area contributed by atoms with Crippen LogP contribution in [0.1, 0.15) is 13.8 Å². The first-order valence-electron chi connectivity index (χ1n) is 4.75. The third-order valence-corrected chi connectivity index (χ3v) is 2.43. The number of hydrogen-bond donors (Lipinski definition) is 1. The maximum Gasteiger partial charge on any atom is 0.331 e. The van der Waals surface area contributed by atoms with Gasteiger partial charge in [-0.25, -0.2) is 4.79 Å². The minimum atomic E-state index is -0.863. The molecule has 0 aromatic carbocycles. The van der Waals surface area contributed by atoms with Crippen LogP contribution in [0.3, 0.4) is 0 Å². The summed E-state index contributed by atoms with van der Waals surface area (Å²) in [5.41, 5.74) is -0.863. The van der Waals surface area contributed by atoms with Gasteiger partial charge in [-0.2, -0.15) is 0 Å². The summed E-state index contributed by atoms with van der Waals surface area (Å²) in [7, 11) is 1.26. The van der Waals surface area contributed by atoms with Crippen molar-refractivity contribution in [1.29, 1.82) is 0 Å². The highest BCUT2D eigenvalue weighted by atomic mass is 16.5. The maximum absolute atomic E-state index is 11.5. The van der Waals surface area contributed by atoms with E-state index in [1.54, 1.807) is 13.8 Å². The number of nitrogens with one attached hydrogen (secondary N) is 1. The normalized spacial score (nSPS) is 19.8. The minimum absolute atomic E-state index is 0.0340. The number of esters is 1. The van der Waals surface area contributed by atoms with E-state index in [0.717, 1.165) is 0 Å². The zero-order valence-electron chi connectivity index (χ0n) is 9.44. The fourth-order valence-electron chi connectivity index (χ4n) is 1.26. The van der Waals surface area contributed by atoms with E-state index in [1.165, 1.54) is 24.3 Å². The molecule has 1 rings (SSSR count). The Morgan fingerprint density at radius 2 is 2.12 bits per heavy atom. The molecule has 2 amide bonds. The fourth-order valence-corrected chi connectivity index (χ4v) is 1.26. The quantitative estimate of drug-likeness (QED) is 0.387. The molecule has 0 aromatic heterocycles. The van der Waals surface area contributed by atoms with E-state index in [2.05, 4.69) is 10.1 Å². The van der Waals surface area contributed by atoms with Gasteiger partial charge in [0.2, 0.25) is 5.91 Å². The number of carbonyl (C=O) groups is 3. The van der Waals surface area contributed by atoms with Gasteiger partial charge in [0.25, 0.3) is 5.91 Å². The number of nitrogens with zero attached hydrogens (tertiary/aromatic N) is 1. The summed E-state index contributed by atoms with van der Waals surface area (Å²) in [5.74, 6) is -1.31. The molecule has 0 saturated carbocycles. The van der Waals surface area contributed by atoms with E-state index in [-0.39, 0.29) is 12.5 Å². The number of ether oxygens (including phenoxy) is 1. The molecule has 1 saturated heterocycles. The molecule has 1 N–H and O–H groups in total. The molecule has 6 nitrogen and oxygen atoms in total. The molecule has 0 unspecified atom stereocenters. The maximum atomic E-state index is 11.5. The average molecular weight is 226 g/mol. The zero-order chi connectivity index (χ0) is 12.3. The van der Waals surface area contributed by atoms with Crippen molar-refractivity contribution in [2.75, 3.05) is 13.7 Å². The van der Waals surface area contributed by atoms with Gasteiger partial charge < -0.3 is 9.64 Å². The molecule has 0 bridgehead atoms. The van der Waals surface area contributed by atoms with Crippen LogP contribution in [0, 0.1) is 0 Å². The summed E-state index contributed by atoms with van der Waals surface area (Å²) in [6.07, 6.45) is 2.57. The van der Waals surface area contributed by atoms with E-state index >= 15 is 0 Å². The number of amides is 2. The lowest BCUT2D eigenvalue weighted by Gasteiger charge is -2.39. The van der Waals surface area contributed by atoms with Gasteiger partial charge >= 0.3 is 5.97 Å². The Labute approximate surface area is 93.2 Å². The lowest BCUT2D eigenvalue weighted by molar-refractivity contribution is -0.143. The topological polar surface area (TPSA) is 75.7 Å². The Morgan fingerprint density at radius 3 is 2.69 bits per heavy atom. The van der Waals surface area contributed by atoms with E-state index in [0.29, 0.717) is 0 Å². The van der Waals surface area contributed by atoms with E-state index in [1.807, 2.05) is 0 Å². The Balaban J connectivity index is 2.84. The second-order valence-corrected chi connectivity index (χ2v) is 3.90. The second kappa shape index (κ2) is 4.34. The Bertz CT molecular complexity index is 360. The van der Waals surface area contributed by atoms with E-state index in [9.17, 15) is 14.4 Å². The predicted octanol–water partition coefficient (Wildman–Crippen LogP) is -0.590.